The standard InChI is InChI=1S/C24H30F3N5O3/c1-14-4-9-17(18(12-14)15-5-7-16(8-6-15)24(25,26)27)20(33)28-13-23(19-10-11-29-32(19)2)21(34)30-22(31-23)35-3/h5,7,10-12,15-16,22,31H,4,6,8-9,13H2,1-3H3,(H,28,33)(H,30,34). The Morgan fingerprint density at radius 3 is 2.66 bits per heavy atom. The minimum absolute atomic E-state index is 0.0119. The second-order valence-electron chi connectivity index (χ2n) is 9.30. The van der Waals surface area contributed by atoms with Crippen LogP contribution >= 0.6 is 0 Å². The topological polar surface area (TPSA) is 97.3 Å². The summed E-state index contributed by atoms with van der Waals surface area (Å²) in [5, 5.41) is 12.9. The van der Waals surface area contributed by atoms with Gasteiger partial charge in [0.2, 0.25) is 5.91 Å². The first-order valence-corrected chi connectivity index (χ1v) is 11.6. The Balaban J connectivity index is 1.59. The lowest BCUT2D eigenvalue weighted by molar-refractivity contribution is -0.164. The molecule has 2 aliphatic carbocycles. The summed E-state index contributed by atoms with van der Waals surface area (Å²) < 4.78 is 46.1. The van der Waals surface area contributed by atoms with Crippen LogP contribution in [0.15, 0.2) is 47.2 Å². The Morgan fingerprint density at radius 2 is 2.09 bits per heavy atom. The van der Waals surface area contributed by atoms with Gasteiger partial charge in [-0.3, -0.25) is 19.6 Å². The van der Waals surface area contributed by atoms with E-state index in [0.29, 0.717) is 30.5 Å². The van der Waals surface area contributed by atoms with Crippen LogP contribution < -0.4 is 16.0 Å². The fourth-order valence-electron chi connectivity index (χ4n) is 5.03. The Morgan fingerprint density at radius 1 is 1.31 bits per heavy atom. The molecule has 35 heavy (non-hydrogen) atoms. The summed E-state index contributed by atoms with van der Waals surface area (Å²) in [5.41, 5.74) is 1.62. The molecule has 0 bridgehead atoms. The third-order valence-electron chi connectivity index (χ3n) is 7.01. The predicted octanol–water partition coefficient (Wildman–Crippen LogP) is 2.56. The monoisotopic (exact) mass is 493 g/mol. The van der Waals surface area contributed by atoms with Crippen LogP contribution in [0.5, 0.6) is 0 Å². The highest BCUT2D eigenvalue weighted by Gasteiger charge is 2.50. The summed E-state index contributed by atoms with van der Waals surface area (Å²) in [6, 6.07) is 1.69. The number of aromatic nitrogens is 2. The van der Waals surface area contributed by atoms with Crippen LogP contribution in [0.3, 0.4) is 0 Å². The number of aryl methyl sites for hydroxylation is 1. The van der Waals surface area contributed by atoms with Crippen LogP contribution in [-0.2, 0) is 26.9 Å². The maximum atomic E-state index is 13.4. The predicted molar refractivity (Wildman–Crippen MR) is 121 cm³/mol. The van der Waals surface area contributed by atoms with E-state index in [0.717, 1.165) is 11.1 Å². The summed E-state index contributed by atoms with van der Waals surface area (Å²) in [7, 11) is 3.15. The fraction of sp³-hybridized carbons (Fsp3) is 0.542. The highest BCUT2D eigenvalue weighted by atomic mass is 19.4. The van der Waals surface area contributed by atoms with E-state index in [1.54, 1.807) is 30.1 Å². The van der Waals surface area contributed by atoms with E-state index in [-0.39, 0.29) is 30.7 Å². The number of methoxy groups -OCH3 is 1. The van der Waals surface area contributed by atoms with Crippen molar-refractivity contribution >= 4 is 11.8 Å². The number of hydrogen-bond donors (Lipinski definition) is 3. The van der Waals surface area contributed by atoms with Crippen LogP contribution in [0.1, 0.15) is 38.3 Å². The minimum Gasteiger partial charge on any atom is -0.349 e. The molecule has 0 radical (unpaired) electrons. The van der Waals surface area contributed by atoms with Gasteiger partial charge in [0.05, 0.1) is 18.2 Å². The molecule has 8 nitrogen and oxygen atoms in total. The molecule has 3 N–H and O–H groups in total. The van der Waals surface area contributed by atoms with Gasteiger partial charge in [-0.05, 0) is 44.2 Å². The molecular weight excluding hydrogens is 463 g/mol. The van der Waals surface area contributed by atoms with Crippen molar-refractivity contribution in [2.24, 2.45) is 18.9 Å². The lowest BCUT2D eigenvalue weighted by Gasteiger charge is -2.30. The smallest absolute Gasteiger partial charge is 0.349 e. The van der Waals surface area contributed by atoms with Crippen molar-refractivity contribution in [3.63, 3.8) is 0 Å². The molecule has 0 spiro atoms. The summed E-state index contributed by atoms with van der Waals surface area (Å²) >= 11 is 0. The summed E-state index contributed by atoms with van der Waals surface area (Å²) in [6.45, 7) is 1.89. The van der Waals surface area contributed by atoms with Gasteiger partial charge >= 0.3 is 6.18 Å². The first kappa shape index (κ1) is 25.2. The molecule has 1 aromatic rings. The molecule has 1 aromatic heterocycles. The zero-order chi connectivity index (χ0) is 25.4. The number of ether oxygens (including phenoxy) is 1. The average Bonchev–Trinajstić information content (AvgIpc) is 3.40. The normalized spacial score (nSPS) is 29.3. The Kier molecular flexibility index (Phi) is 6.92. The second-order valence-corrected chi connectivity index (χ2v) is 9.30. The summed E-state index contributed by atoms with van der Waals surface area (Å²) in [6.07, 6.45) is 2.74. The highest BCUT2D eigenvalue weighted by molar-refractivity contribution is 5.96. The molecule has 2 heterocycles. The molecule has 4 unspecified atom stereocenters. The van der Waals surface area contributed by atoms with Gasteiger partial charge in [0.1, 0.15) is 0 Å². The maximum absolute atomic E-state index is 13.4. The minimum atomic E-state index is -4.26. The molecule has 1 fully saturated rings. The van der Waals surface area contributed by atoms with Gasteiger partial charge in [0.25, 0.3) is 5.91 Å². The van der Waals surface area contributed by atoms with Crippen LogP contribution in [0.4, 0.5) is 13.2 Å². The highest BCUT2D eigenvalue weighted by Crippen LogP contribution is 2.40. The van der Waals surface area contributed by atoms with Crippen LogP contribution in [0, 0.1) is 11.8 Å². The number of hydrogen-bond acceptors (Lipinski definition) is 5. The average molecular weight is 494 g/mol. The zero-order valence-electron chi connectivity index (χ0n) is 19.9. The van der Waals surface area contributed by atoms with E-state index in [1.165, 1.54) is 13.2 Å². The van der Waals surface area contributed by atoms with Gasteiger partial charge in [0, 0.05) is 31.8 Å². The first-order valence-electron chi connectivity index (χ1n) is 11.6. The third-order valence-corrected chi connectivity index (χ3v) is 7.01. The van der Waals surface area contributed by atoms with Crippen LogP contribution in [-0.4, -0.2) is 47.8 Å². The van der Waals surface area contributed by atoms with E-state index >= 15 is 0 Å². The van der Waals surface area contributed by atoms with Gasteiger partial charge in [-0.2, -0.15) is 18.3 Å². The molecule has 3 aliphatic rings. The SMILES string of the molecule is COC1NC(=O)C(CNC(=O)C2=C(C3C=CC(C(F)(F)F)CC3)C=C(C)CC2)(c2ccnn2C)N1. The molecule has 0 aromatic carbocycles. The molecule has 2 amide bonds. The van der Waals surface area contributed by atoms with Crippen molar-refractivity contribution in [1.29, 1.82) is 0 Å². The molecule has 0 saturated carbocycles. The van der Waals surface area contributed by atoms with Gasteiger partial charge in [-0.1, -0.05) is 23.8 Å². The van der Waals surface area contributed by atoms with E-state index in [4.69, 9.17) is 4.74 Å². The van der Waals surface area contributed by atoms with E-state index in [2.05, 4.69) is 21.0 Å². The van der Waals surface area contributed by atoms with Gasteiger partial charge in [0.15, 0.2) is 11.9 Å². The molecule has 1 aliphatic heterocycles. The van der Waals surface area contributed by atoms with Crippen molar-refractivity contribution in [3.05, 3.63) is 52.9 Å². The van der Waals surface area contributed by atoms with Crippen molar-refractivity contribution in [2.75, 3.05) is 13.7 Å². The number of halogens is 3. The number of carbonyl (C=O) groups is 2. The van der Waals surface area contributed by atoms with E-state index in [1.807, 2.05) is 13.0 Å². The zero-order valence-corrected chi connectivity index (χ0v) is 19.9. The number of nitrogens with one attached hydrogen (secondary N) is 3. The summed E-state index contributed by atoms with van der Waals surface area (Å²) in [4.78, 5) is 26.4. The van der Waals surface area contributed by atoms with Gasteiger partial charge in [-0.25, -0.2) is 0 Å². The summed E-state index contributed by atoms with van der Waals surface area (Å²) in [5.74, 6) is -2.42. The lowest BCUT2D eigenvalue weighted by Crippen LogP contribution is -2.54. The van der Waals surface area contributed by atoms with E-state index in [9.17, 15) is 22.8 Å². The Labute approximate surface area is 201 Å². The third kappa shape index (κ3) is 4.92. The molecule has 190 valence electrons. The molecule has 4 atom stereocenters. The van der Waals surface area contributed by atoms with E-state index < -0.39 is 24.0 Å². The lowest BCUT2D eigenvalue weighted by atomic mass is 9.78. The number of amides is 2. The molecule has 1 saturated heterocycles. The molecular formula is C24H30F3N5O3. The number of rotatable bonds is 6. The second kappa shape index (κ2) is 9.62. The van der Waals surface area contributed by atoms with Crippen molar-refractivity contribution in [2.45, 2.75) is 50.7 Å². The first-order chi connectivity index (χ1) is 16.5. The van der Waals surface area contributed by atoms with Gasteiger partial charge in [-0.15, -0.1) is 0 Å². The molecule has 4 rings (SSSR count). The van der Waals surface area contributed by atoms with Gasteiger partial charge < -0.3 is 15.4 Å². The van der Waals surface area contributed by atoms with Crippen molar-refractivity contribution in [3.8, 4) is 0 Å². The van der Waals surface area contributed by atoms with Crippen molar-refractivity contribution < 1.29 is 27.5 Å². The van der Waals surface area contributed by atoms with Crippen LogP contribution in [0.25, 0.3) is 0 Å². The maximum Gasteiger partial charge on any atom is 0.395 e. The number of allylic oxidation sites excluding steroid dienone is 5. The number of carbonyl (C=O) groups excluding carboxylic acids is 2. The largest absolute Gasteiger partial charge is 0.395 e. The Hall–Kier alpha value is -2.92. The van der Waals surface area contributed by atoms with Crippen molar-refractivity contribution in [1.82, 2.24) is 25.7 Å². The number of nitrogens with zero attached hydrogens (tertiary/aromatic N) is 2. The fourth-order valence-corrected chi connectivity index (χ4v) is 5.03. The quantitative estimate of drug-likeness (QED) is 0.530. The Bertz CT molecular complexity index is 1090. The number of alkyl halides is 3. The molecule has 11 heteroatoms. The van der Waals surface area contributed by atoms with Crippen LogP contribution in [0.2, 0.25) is 0 Å².